The minimum atomic E-state index is 0.0305. The fourth-order valence-electron chi connectivity index (χ4n) is 2.06. The molecule has 0 aliphatic carbocycles. The summed E-state index contributed by atoms with van der Waals surface area (Å²) < 4.78 is 0. The molecule has 0 atom stereocenters. The first-order valence-corrected chi connectivity index (χ1v) is 8.81. The van der Waals surface area contributed by atoms with Crippen LogP contribution in [-0.4, -0.2) is 28.2 Å². The Hall–Kier alpha value is -1.92. The molecule has 3 aromatic rings. The Morgan fingerprint density at radius 3 is 2.91 bits per heavy atom. The molecule has 0 bridgehead atoms. The topological polar surface area (TPSA) is 54.9 Å². The van der Waals surface area contributed by atoms with E-state index in [1.54, 1.807) is 17.7 Å². The molecule has 6 heteroatoms. The van der Waals surface area contributed by atoms with Gasteiger partial charge in [0.2, 0.25) is 5.91 Å². The van der Waals surface area contributed by atoms with Gasteiger partial charge in [-0.25, -0.2) is 9.97 Å². The maximum Gasteiger partial charge on any atom is 0.230 e. The fourth-order valence-corrected chi connectivity index (χ4v) is 3.67. The van der Waals surface area contributed by atoms with Gasteiger partial charge in [0.1, 0.15) is 16.2 Å². The molecule has 0 aliphatic heterocycles. The summed E-state index contributed by atoms with van der Waals surface area (Å²) in [4.78, 5) is 21.3. The Morgan fingerprint density at radius 1 is 1.18 bits per heavy atom. The lowest BCUT2D eigenvalue weighted by Crippen LogP contribution is -2.27. The molecule has 0 spiro atoms. The van der Waals surface area contributed by atoms with Gasteiger partial charge in [-0.15, -0.1) is 11.3 Å². The number of nitrogens with zero attached hydrogens (tertiary/aromatic N) is 2. The number of hydrogen-bond donors (Lipinski definition) is 1. The van der Waals surface area contributed by atoms with Crippen molar-refractivity contribution in [2.75, 3.05) is 12.3 Å². The van der Waals surface area contributed by atoms with Crippen molar-refractivity contribution in [1.29, 1.82) is 0 Å². The third-order valence-electron chi connectivity index (χ3n) is 3.14. The number of benzene rings is 1. The van der Waals surface area contributed by atoms with Crippen LogP contribution in [0.25, 0.3) is 10.2 Å². The summed E-state index contributed by atoms with van der Waals surface area (Å²) in [5.74, 6) is 0.402. The minimum Gasteiger partial charge on any atom is -0.355 e. The zero-order chi connectivity index (χ0) is 15.2. The molecule has 1 N–H and O–H groups in total. The number of rotatable bonds is 6. The predicted molar refractivity (Wildman–Crippen MR) is 91.3 cm³/mol. The summed E-state index contributed by atoms with van der Waals surface area (Å²) in [5, 5.41) is 6.82. The van der Waals surface area contributed by atoms with Gasteiger partial charge in [-0.05, 0) is 23.4 Å². The standard InChI is InChI=1S/C16H15N3OS2/c20-14(17-8-6-12-4-2-1-3-5-12)10-22-16-13-7-9-21-15(13)18-11-19-16/h1-5,7,9,11H,6,8,10H2,(H,17,20). The zero-order valence-corrected chi connectivity index (χ0v) is 13.5. The van der Waals surface area contributed by atoms with Crippen molar-refractivity contribution < 1.29 is 4.79 Å². The van der Waals surface area contributed by atoms with E-state index in [4.69, 9.17) is 0 Å². The van der Waals surface area contributed by atoms with Crippen molar-refractivity contribution in [3.63, 3.8) is 0 Å². The smallest absolute Gasteiger partial charge is 0.230 e. The molecule has 0 saturated heterocycles. The molecule has 0 radical (unpaired) electrons. The molecule has 4 nitrogen and oxygen atoms in total. The lowest BCUT2D eigenvalue weighted by molar-refractivity contribution is -0.118. The molecule has 22 heavy (non-hydrogen) atoms. The number of thiophene rings is 1. The van der Waals surface area contributed by atoms with Gasteiger partial charge in [-0.3, -0.25) is 4.79 Å². The van der Waals surface area contributed by atoms with Crippen molar-refractivity contribution in [2.24, 2.45) is 0 Å². The largest absolute Gasteiger partial charge is 0.355 e. The van der Waals surface area contributed by atoms with Crippen molar-refractivity contribution in [3.05, 3.63) is 53.7 Å². The number of fused-ring (bicyclic) bond motifs is 1. The molecule has 3 rings (SSSR count). The fraction of sp³-hybridized carbons (Fsp3) is 0.188. The molecule has 112 valence electrons. The van der Waals surface area contributed by atoms with Crippen LogP contribution in [0.1, 0.15) is 5.56 Å². The van der Waals surface area contributed by atoms with Crippen molar-refractivity contribution >= 4 is 39.2 Å². The second kappa shape index (κ2) is 7.38. The third kappa shape index (κ3) is 3.84. The third-order valence-corrected chi connectivity index (χ3v) is 4.97. The van der Waals surface area contributed by atoms with E-state index in [2.05, 4.69) is 27.4 Å². The quantitative estimate of drug-likeness (QED) is 0.557. The molecule has 0 saturated carbocycles. The van der Waals surface area contributed by atoms with Crippen LogP contribution in [0.4, 0.5) is 0 Å². The molecular formula is C16H15N3OS2. The molecule has 2 aromatic heterocycles. The number of aromatic nitrogens is 2. The van der Waals surface area contributed by atoms with Gasteiger partial charge in [0, 0.05) is 11.9 Å². The van der Waals surface area contributed by atoms with Crippen LogP contribution in [0.15, 0.2) is 53.1 Å². The molecule has 0 unspecified atom stereocenters. The Morgan fingerprint density at radius 2 is 2.05 bits per heavy atom. The zero-order valence-electron chi connectivity index (χ0n) is 11.9. The number of thioether (sulfide) groups is 1. The van der Waals surface area contributed by atoms with Crippen LogP contribution in [0.3, 0.4) is 0 Å². The average Bonchev–Trinajstić information content (AvgIpc) is 3.03. The number of hydrogen-bond acceptors (Lipinski definition) is 5. The summed E-state index contributed by atoms with van der Waals surface area (Å²) in [6.45, 7) is 0.654. The van der Waals surface area contributed by atoms with Gasteiger partial charge in [0.25, 0.3) is 0 Å². The monoisotopic (exact) mass is 329 g/mol. The molecule has 1 amide bonds. The molecular weight excluding hydrogens is 314 g/mol. The Labute approximate surface area is 137 Å². The highest BCUT2D eigenvalue weighted by Gasteiger charge is 2.08. The van der Waals surface area contributed by atoms with Crippen LogP contribution in [-0.2, 0) is 11.2 Å². The first kappa shape index (κ1) is 15.0. The van der Waals surface area contributed by atoms with Crippen molar-refractivity contribution in [3.8, 4) is 0 Å². The van der Waals surface area contributed by atoms with E-state index in [1.165, 1.54) is 17.3 Å². The van der Waals surface area contributed by atoms with E-state index in [0.29, 0.717) is 12.3 Å². The molecule has 0 aliphatic rings. The summed E-state index contributed by atoms with van der Waals surface area (Å²) in [5.41, 5.74) is 1.23. The number of carbonyl (C=O) groups excluding carboxylic acids is 1. The number of carbonyl (C=O) groups is 1. The highest BCUT2D eigenvalue weighted by atomic mass is 32.2. The summed E-state index contributed by atoms with van der Waals surface area (Å²) >= 11 is 3.03. The number of amides is 1. The van der Waals surface area contributed by atoms with E-state index in [9.17, 15) is 4.79 Å². The van der Waals surface area contributed by atoms with Gasteiger partial charge < -0.3 is 5.32 Å². The van der Waals surface area contributed by atoms with Crippen molar-refractivity contribution in [2.45, 2.75) is 11.4 Å². The van der Waals surface area contributed by atoms with Crippen LogP contribution in [0.5, 0.6) is 0 Å². The molecule has 1 aromatic carbocycles. The lowest BCUT2D eigenvalue weighted by atomic mass is 10.1. The predicted octanol–water partition coefficient (Wildman–Crippen LogP) is 3.14. The SMILES string of the molecule is O=C(CSc1ncnc2sccc12)NCCc1ccccc1. The second-order valence-corrected chi connectivity index (χ2v) is 6.55. The van der Waals surface area contributed by atoms with Crippen molar-refractivity contribution in [1.82, 2.24) is 15.3 Å². The van der Waals surface area contributed by atoms with Gasteiger partial charge >= 0.3 is 0 Å². The molecule has 0 fully saturated rings. The van der Waals surface area contributed by atoms with Gasteiger partial charge in [0.15, 0.2) is 0 Å². The highest BCUT2D eigenvalue weighted by Crippen LogP contribution is 2.27. The normalized spacial score (nSPS) is 10.7. The number of nitrogens with one attached hydrogen (secondary N) is 1. The summed E-state index contributed by atoms with van der Waals surface area (Å²) in [7, 11) is 0. The Kier molecular flexibility index (Phi) is 5.03. The summed E-state index contributed by atoms with van der Waals surface area (Å²) in [6.07, 6.45) is 2.40. The highest BCUT2D eigenvalue weighted by molar-refractivity contribution is 8.00. The van der Waals surface area contributed by atoms with E-state index >= 15 is 0 Å². The van der Waals surface area contributed by atoms with E-state index in [0.717, 1.165) is 21.7 Å². The Bertz CT molecular complexity index is 758. The minimum absolute atomic E-state index is 0.0305. The van der Waals surface area contributed by atoms with Crippen LogP contribution in [0.2, 0.25) is 0 Å². The lowest BCUT2D eigenvalue weighted by Gasteiger charge is -2.05. The second-order valence-electron chi connectivity index (χ2n) is 4.69. The van der Waals surface area contributed by atoms with Gasteiger partial charge in [0.05, 0.1) is 5.75 Å². The maximum atomic E-state index is 11.9. The first-order chi connectivity index (χ1) is 10.8. The van der Waals surface area contributed by atoms with E-state index < -0.39 is 0 Å². The van der Waals surface area contributed by atoms with Crippen LogP contribution < -0.4 is 5.32 Å². The first-order valence-electron chi connectivity index (χ1n) is 6.94. The molecule has 2 heterocycles. The van der Waals surface area contributed by atoms with Gasteiger partial charge in [-0.1, -0.05) is 42.1 Å². The van der Waals surface area contributed by atoms with E-state index in [-0.39, 0.29) is 5.91 Å². The van der Waals surface area contributed by atoms with Gasteiger partial charge in [-0.2, -0.15) is 0 Å². The maximum absolute atomic E-state index is 11.9. The van der Waals surface area contributed by atoms with Crippen LogP contribution in [0, 0.1) is 0 Å². The Balaban J connectivity index is 1.47. The summed E-state index contributed by atoms with van der Waals surface area (Å²) in [6, 6.07) is 12.1. The average molecular weight is 329 g/mol. The van der Waals surface area contributed by atoms with E-state index in [1.807, 2.05) is 29.6 Å². The van der Waals surface area contributed by atoms with Crippen LogP contribution >= 0.6 is 23.1 Å².